The van der Waals surface area contributed by atoms with Gasteiger partial charge in [0.25, 0.3) is 0 Å². The van der Waals surface area contributed by atoms with Gasteiger partial charge in [-0.1, -0.05) is 66.2 Å². The smallest absolute Gasteiger partial charge is 0.243 e. The van der Waals surface area contributed by atoms with Crippen molar-refractivity contribution in [3.63, 3.8) is 0 Å². The molecule has 0 spiro atoms. The molecule has 2 fully saturated rings. The van der Waals surface area contributed by atoms with Crippen molar-refractivity contribution in [1.29, 1.82) is 0 Å². The van der Waals surface area contributed by atoms with Crippen LogP contribution in [0.1, 0.15) is 41.6 Å². The molecule has 8 nitrogen and oxygen atoms in total. The van der Waals surface area contributed by atoms with E-state index in [0.29, 0.717) is 11.3 Å². The minimum atomic E-state index is -4.28. The lowest BCUT2D eigenvalue weighted by Crippen LogP contribution is -2.61. The molecule has 2 aliphatic rings. The molecule has 0 aromatic heterocycles. The van der Waals surface area contributed by atoms with Crippen molar-refractivity contribution in [3.8, 4) is 5.75 Å². The molecule has 45 heavy (non-hydrogen) atoms. The van der Waals surface area contributed by atoms with Crippen molar-refractivity contribution in [2.75, 3.05) is 13.7 Å². The van der Waals surface area contributed by atoms with Gasteiger partial charge in [0.1, 0.15) is 17.3 Å². The molecule has 0 radical (unpaired) electrons. The molecule has 0 saturated carbocycles. The fourth-order valence-electron chi connectivity index (χ4n) is 6.51. The van der Waals surface area contributed by atoms with Crippen molar-refractivity contribution < 1.29 is 30.8 Å². The highest BCUT2D eigenvalue weighted by Crippen LogP contribution is 2.48. The zero-order valence-corrected chi connectivity index (χ0v) is 26.4. The summed E-state index contributed by atoms with van der Waals surface area (Å²) in [6, 6.07) is 24.2. The van der Waals surface area contributed by atoms with Gasteiger partial charge in [0.2, 0.25) is 20.0 Å². The average Bonchev–Trinajstić information content (AvgIpc) is 3.05. The fraction of sp³-hybridized carbons (Fsp3) is 0.265. The molecule has 234 valence electrons. The normalized spacial score (nSPS) is 23.0. The van der Waals surface area contributed by atoms with Crippen LogP contribution in [0.4, 0.5) is 4.39 Å². The highest BCUT2D eigenvalue weighted by Gasteiger charge is 2.54. The standard InChI is InChI=1S/C34H33FN2O6S2/c1-23-12-18-27(19-13-23)45(41,42)37-32-20-31(24-14-16-25(43-2)17-15-24)36(44(39,40)26-8-4-3-5-9-26)22-29(32)34(38)21-33(37)28-10-6-7-11-30(28)35/h3-19,29,31-33H,20-22H2,1-2H3/t29-,31+,32+,33+/m1/s1. The maximum atomic E-state index is 15.3. The lowest BCUT2D eigenvalue weighted by atomic mass is 9.77. The van der Waals surface area contributed by atoms with Gasteiger partial charge >= 0.3 is 0 Å². The van der Waals surface area contributed by atoms with Gasteiger partial charge in [-0.25, -0.2) is 21.2 Å². The summed E-state index contributed by atoms with van der Waals surface area (Å²) in [5, 5.41) is 0. The van der Waals surface area contributed by atoms with Crippen molar-refractivity contribution in [2.45, 2.75) is 47.7 Å². The lowest BCUT2D eigenvalue weighted by Gasteiger charge is -2.51. The Morgan fingerprint density at radius 2 is 1.38 bits per heavy atom. The molecule has 11 heteroatoms. The summed E-state index contributed by atoms with van der Waals surface area (Å²) < 4.78 is 80.6. The molecule has 0 unspecified atom stereocenters. The van der Waals surface area contributed by atoms with Crippen LogP contribution in [-0.2, 0) is 24.8 Å². The average molecular weight is 649 g/mol. The highest BCUT2D eigenvalue weighted by atomic mass is 32.2. The summed E-state index contributed by atoms with van der Waals surface area (Å²) in [7, 11) is -6.87. The number of ether oxygens (including phenoxy) is 1. The molecule has 0 N–H and O–H groups in total. The number of sulfonamides is 2. The van der Waals surface area contributed by atoms with Crippen LogP contribution in [0.5, 0.6) is 5.75 Å². The molecule has 2 aliphatic heterocycles. The molecule has 4 atom stereocenters. The lowest BCUT2D eigenvalue weighted by molar-refractivity contribution is -0.132. The summed E-state index contributed by atoms with van der Waals surface area (Å²) >= 11 is 0. The second-order valence-corrected chi connectivity index (χ2v) is 15.2. The zero-order chi connectivity index (χ0) is 31.9. The molecule has 0 aliphatic carbocycles. The Morgan fingerprint density at radius 3 is 2.02 bits per heavy atom. The number of carbonyl (C=O) groups is 1. The maximum Gasteiger partial charge on any atom is 0.243 e. The fourth-order valence-corrected chi connectivity index (χ4v) is 10.0. The van der Waals surface area contributed by atoms with E-state index in [1.165, 1.54) is 58.2 Å². The number of hydrogen-bond acceptors (Lipinski definition) is 6. The molecule has 2 heterocycles. The molecule has 4 aromatic carbocycles. The van der Waals surface area contributed by atoms with E-state index in [9.17, 15) is 21.6 Å². The molecule has 0 bridgehead atoms. The summed E-state index contributed by atoms with van der Waals surface area (Å²) in [5.41, 5.74) is 1.58. The van der Waals surface area contributed by atoms with Gasteiger partial charge in [-0.05, 0) is 61.4 Å². The topological polar surface area (TPSA) is 101 Å². The molecule has 0 amide bonds. The third-order valence-corrected chi connectivity index (χ3v) is 12.6. The van der Waals surface area contributed by atoms with E-state index in [0.717, 1.165) is 5.56 Å². The van der Waals surface area contributed by atoms with Crippen LogP contribution in [-0.4, -0.2) is 50.9 Å². The highest BCUT2D eigenvalue weighted by molar-refractivity contribution is 7.89. The monoisotopic (exact) mass is 648 g/mol. The van der Waals surface area contributed by atoms with Crippen LogP contribution < -0.4 is 4.74 Å². The minimum Gasteiger partial charge on any atom is -0.497 e. The number of nitrogens with zero attached hydrogens (tertiary/aromatic N) is 2. The number of hydrogen-bond donors (Lipinski definition) is 0. The predicted molar refractivity (Wildman–Crippen MR) is 167 cm³/mol. The second-order valence-electron chi connectivity index (χ2n) is 11.4. The van der Waals surface area contributed by atoms with Gasteiger partial charge in [0, 0.05) is 30.5 Å². The van der Waals surface area contributed by atoms with Gasteiger partial charge in [-0.3, -0.25) is 4.79 Å². The Morgan fingerprint density at radius 1 is 0.756 bits per heavy atom. The van der Waals surface area contributed by atoms with Crippen LogP contribution >= 0.6 is 0 Å². The SMILES string of the molecule is COc1ccc([C@@H]2C[C@H]3[C@@H](CN2S(=O)(=O)c2ccccc2)C(=O)C[C@@H](c2ccccc2F)N3S(=O)(=O)c2ccc(C)cc2)cc1. The first kappa shape index (κ1) is 31.1. The number of halogens is 1. The van der Waals surface area contributed by atoms with Crippen LogP contribution in [0.15, 0.2) is 113 Å². The first-order chi connectivity index (χ1) is 21.5. The van der Waals surface area contributed by atoms with Crippen molar-refractivity contribution in [3.05, 3.63) is 126 Å². The Balaban J connectivity index is 1.52. The first-order valence-corrected chi connectivity index (χ1v) is 17.5. The summed E-state index contributed by atoms with van der Waals surface area (Å²) in [5.74, 6) is -1.33. The summed E-state index contributed by atoms with van der Waals surface area (Å²) in [6.07, 6.45) is -0.315. The molecule has 4 aromatic rings. The third-order valence-electron chi connectivity index (χ3n) is 8.81. The largest absolute Gasteiger partial charge is 0.497 e. The van der Waals surface area contributed by atoms with Crippen molar-refractivity contribution in [1.82, 2.24) is 8.61 Å². The summed E-state index contributed by atoms with van der Waals surface area (Å²) in [6.45, 7) is 1.61. The van der Waals surface area contributed by atoms with E-state index in [2.05, 4.69) is 0 Å². The number of benzene rings is 4. The van der Waals surface area contributed by atoms with Gasteiger partial charge in [-0.2, -0.15) is 8.61 Å². The second kappa shape index (κ2) is 12.1. The number of fused-ring (bicyclic) bond motifs is 1. The van der Waals surface area contributed by atoms with Crippen LogP contribution in [0.3, 0.4) is 0 Å². The first-order valence-electron chi connectivity index (χ1n) is 14.6. The number of carbonyl (C=O) groups excluding carboxylic acids is 1. The van der Waals surface area contributed by atoms with Crippen LogP contribution in [0, 0.1) is 18.7 Å². The minimum absolute atomic E-state index is 0.0165. The molecule has 6 rings (SSSR count). The molecule has 2 saturated heterocycles. The van der Waals surface area contributed by atoms with Gasteiger partial charge in [-0.15, -0.1) is 0 Å². The van der Waals surface area contributed by atoms with Crippen LogP contribution in [0.2, 0.25) is 0 Å². The third kappa shape index (κ3) is 5.69. The Kier molecular flexibility index (Phi) is 8.38. The number of Topliss-reactive ketones (excluding diaryl/α,β-unsaturated/α-hetero) is 1. The Bertz CT molecular complexity index is 1920. The Labute approximate surface area is 263 Å². The number of ketones is 1. The Hall–Kier alpha value is -3.90. The quantitative estimate of drug-likeness (QED) is 0.256. The van der Waals surface area contributed by atoms with Gasteiger partial charge in [0.05, 0.1) is 29.0 Å². The van der Waals surface area contributed by atoms with Gasteiger partial charge in [0.15, 0.2) is 0 Å². The van der Waals surface area contributed by atoms with Crippen molar-refractivity contribution in [2.24, 2.45) is 5.92 Å². The van der Waals surface area contributed by atoms with E-state index < -0.39 is 49.9 Å². The molecular formula is C34H33FN2O6S2. The number of aryl methyl sites for hydroxylation is 1. The van der Waals surface area contributed by atoms with E-state index in [1.807, 2.05) is 6.92 Å². The van der Waals surface area contributed by atoms with E-state index in [4.69, 9.17) is 4.74 Å². The van der Waals surface area contributed by atoms with Crippen molar-refractivity contribution >= 4 is 25.8 Å². The van der Waals surface area contributed by atoms with E-state index in [1.54, 1.807) is 60.7 Å². The maximum absolute atomic E-state index is 15.3. The van der Waals surface area contributed by atoms with Gasteiger partial charge < -0.3 is 4.74 Å². The van der Waals surface area contributed by atoms with E-state index in [-0.39, 0.29) is 40.5 Å². The number of methoxy groups -OCH3 is 1. The predicted octanol–water partition coefficient (Wildman–Crippen LogP) is 5.67. The number of rotatable bonds is 7. The zero-order valence-electron chi connectivity index (χ0n) is 24.8. The van der Waals surface area contributed by atoms with Crippen LogP contribution in [0.25, 0.3) is 0 Å². The molecular weight excluding hydrogens is 616 g/mol. The summed E-state index contributed by atoms with van der Waals surface area (Å²) in [4.78, 5) is 14.0. The number of piperidine rings is 2. The van der Waals surface area contributed by atoms with E-state index >= 15 is 4.39 Å².